The van der Waals surface area contributed by atoms with Gasteiger partial charge in [-0.3, -0.25) is 14.5 Å². The summed E-state index contributed by atoms with van der Waals surface area (Å²) >= 11 is 0. The number of fused-ring (bicyclic) bond motifs is 1. The van der Waals surface area contributed by atoms with Crippen LogP contribution in [0.4, 0.5) is 8.78 Å². The van der Waals surface area contributed by atoms with Gasteiger partial charge >= 0.3 is 0 Å². The molecule has 3 nitrogen and oxygen atoms in total. The molecule has 1 heterocycles. The lowest BCUT2D eigenvalue weighted by molar-refractivity contribution is 0.0504. The third kappa shape index (κ3) is 1.92. The maximum absolute atomic E-state index is 12.3. The summed E-state index contributed by atoms with van der Waals surface area (Å²) in [7, 11) is 0. The molecule has 1 unspecified atom stereocenters. The zero-order valence-corrected chi connectivity index (χ0v) is 9.19. The summed E-state index contributed by atoms with van der Waals surface area (Å²) in [5, 5.41) is 0. The van der Waals surface area contributed by atoms with Crippen LogP contribution in [-0.2, 0) is 0 Å². The van der Waals surface area contributed by atoms with Gasteiger partial charge in [-0.1, -0.05) is 12.1 Å². The fourth-order valence-corrected chi connectivity index (χ4v) is 1.97. The van der Waals surface area contributed by atoms with E-state index in [2.05, 4.69) is 0 Å². The number of rotatable bonds is 3. The van der Waals surface area contributed by atoms with Gasteiger partial charge in [-0.2, -0.15) is 0 Å². The second kappa shape index (κ2) is 4.24. The monoisotopic (exact) mass is 239 g/mol. The summed E-state index contributed by atoms with van der Waals surface area (Å²) in [6, 6.07) is 5.56. The molecule has 2 amide bonds. The molecule has 0 spiro atoms. The standard InChI is InChI=1S/C12H11F2NO2/c1-7(6-10(13)14)15-11(16)8-4-2-3-5-9(8)12(15)17/h2-5,7,10H,6H2,1H3. The lowest BCUT2D eigenvalue weighted by Crippen LogP contribution is -2.39. The number of carbonyl (C=O) groups is 2. The van der Waals surface area contributed by atoms with Gasteiger partial charge in [0.1, 0.15) is 0 Å². The fourth-order valence-electron chi connectivity index (χ4n) is 1.97. The van der Waals surface area contributed by atoms with E-state index in [4.69, 9.17) is 0 Å². The molecule has 0 radical (unpaired) electrons. The molecule has 0 aromatic heterocycles. The van der Waals surface area contributed by atoms with Gasteiger partial charge in [-0.15, -0.1) is 0 Å². The van der Waals surface area contributed by atoms with Crippen LogP contribution in [0.25, 0.3) is 0 Å². The van der Waals surface area contributed by atoms with Gasteiger partial charge in [0.2, 0.25) is 6.43 Å². The Hall–Kier alpha value is -1.78. The Morgan fingerprint density at radius 3 is 2.00 bits per heavy atom. The Morgan fingerprint density at radius 2 is 1.59 bits per heavy atom. The highest BCUT2D eigenvalue weighted by Crippen LogP contribution is 2.26. The van der Waals surface area contributed by atoms with E-state index in [1.807, 2.05) is 0 Å². The van der Waals surface area contributed by atoms with E-state index in [-0.39, 0.29) is 0 Å². The van der Waals surface area contributed by atoms with Crippen LogP contribution in [-0.4, -0.2) is 29.2 Å². The Morgan fingerprint density at radius 1 is 1.12 bits per heavy atom. The van der Waals surface area contributed by atoms with Gasteiger partial charge in [0, 0.05) is 12.5 Å². The van der Waals surface area contributed by atoms with Crippen molar-refractivity contribution in [3.63, 3.8) is 0 Å². The van der Waals surface area contributed by atoms with Gasteiger partial charge < -0.3 is 0 Å². The summed E-state index contributed by atoms with van der Waals surface area (Å²) < 4.78 is 24.5. The molecule has 0 aliphatic carbocycles. The van der Waals surface area contributed by atoms with Crippen molar-refractivity contribution in [2.24, 2.45) is 0 Å². The minimum atomic E-state index is -2.53. The van der Waals surface area contributed by atoms with Crippen molar-refractivity contribution in [2.75, 3.05) is 0 Å². The Bertz CT molecular complexity index is 438. The smallest absolute Gasteiger partial charge is 0.261 e. The molecule has 1 aliphatic heterocycles. The van der Waals surface area contributed by atoms with E-state index >= 15 is 0 Å². The van der Waals surface area contributed by atoms with Crippen molar-refractivity contribution in [1.29, 1.82) is 0 Å². The SMILES string of the molecule is CC(CC(F)F)N1C(=O)c2ccccc2C1=O. The quantitative estimate of drug-likeness (QED) is 0.759. The molecule has 5 heteroatoms. The van der Waals surface area contributed by atoms with E-state index in [1.165, 1.54) is 19.1 Å². The Balaban J connectivity index is 2.30. The number of halogens is 2. The number of benzene rings is 1. The van der Waals surface area contributed by atoms with Gasteiger partial charge in [0.25, 0.3) is 11.8 Å². The zero-order chi connectivity index (χ0) is 12.6. The number of hydrogen-bond acceptors (Lipinski definition) is 2. The Labute approximate surface area is 97.0 Å². The third-order valence-electron chi connectivity index (χ3n) is 2.79. The largest absolute Gasteiger partial charge is 0.271 e. The van der Waals surface area contributed by atoms with Crippen molar-refractivity contribution in [3.05, 3.63) is 35.4 Å². The van der Waals surface area contributed by atoms with E-state index in [0.717, 1.165) is 4.90 Å². The van der Waals surface area contributed by atoms with Crippen LogP contribution >= 0.6 is 0 Å². The topological polar surface area (TPSA) is 37.4 Å². The van der Waals surface area contributed by atoms with Crippen molar-refractivity contribution < 1.29 is 18.4 Å². The van der Waals surface area contributed by atoms with Crippen LogP contribution in [0.5, 0.6) is 0 Å². The maximum atomic E-state index is 12.3. The van der Waals surface area contributed by atoms with Crippen LogP contribution < -0.4 is 0 Å². The average Bonchev–Trinajstić information content (AvgIpc) is 2.51. The molecule has 0 N–H and O–H groups in total. The normalized spacial score (nSPS) is 16.6. The van der Waals surface area contributed by atoms with Crippen LogP contribution in [0.2, 0.25) is 0 Å². The maximum Gasteiger partial charge on any atom is 0.261 e. The number of hydrogen-bond donors (Lipinski definition) is 0. The first-order chi connectivity index (χ1) is 8.02. The minimum absolute atomic E-state index is 0.290. The second-order valence-corrected chi connectivity index (χ2v) is 4.00. The second-order valence-electron chi connectivity index (χ2n) is 4.00. The fraction of sp³-hybridized carbons (Fsp3) is 0.333. The summed E-state index contributed by atoms with van der Waals surface area (Å²) in [5.74, 6) is -0.975. The van der Waals surface area contributed by atoms with Gasteiger partial charge in [0.15, 0.2) is 0 Å². The number of nitrogens with zero attached hydrogens (tertiary/aromatic N) is 1. The molecule has 1 aromatic carbocycles. The van der Waals surface area contributed by atoms with Crippen LogP contribution in [0.1, 0.15) is 34.1 Å². The average molecular weight is 239 g/mol. The third-order valence-corrected chi connectivity index (χ3v) is 2.79. The lowest BCUT2D eigenvalue weighted by atomic mass is 10.1. The van der Waals surface area contributed by atoms with Gasteiger partial charge in [-0.05, 0) is 19.1 Å². The van der Waals surface area contributed by atoms with E-state index in [0.29, 0.717) is 11.1 Å². The predicted octanol–water partition coefficient (Wildman–Crippen LogP) is 2.33. The molecule has 17 heavy (non-hydrogen) atoms. The zero-order valence-electron chi connectivity index (χ0n) is 9.19. The molecule has 90 valence electrons. The highest BCUT2D eigenvalue weighted by Gasteiger charge is 2.38. The van der Waals surface area contributed by atoms with Crippen LogP contribution in [0.15, 0.2) is 24.3 Å². The van der Waals surface area contributed by atoms with E-state index < -0.39 is 30.7 Å². The van der Waals surface area contributed by atoms with Crippen molar-refractivity contribution >= 4 is 11.8 Å². The first kappa shape index (κ1) is 11.7. The predicted molar refractivity (Wildman–Crippen MR) is 57.0 cm³/mol. The molecule has 0 bridgehead atoms. The molecule has 0 saturated carbocycles. The number of carbonyl (C=O) groups excluding carboxylic acids is 2. The first-order valence-corrected chi connectivity index (χ1v) is 5.27. The molecule has 0 saturated heterocycles. The molecule has 1 aliphatic rings. The molecule has 1 atom stereocenters. The summed E-state index contributed by atoms with van der Waals surface area (Å²) in [5.41, 5.74) is 0.581. The number of imide groups is 1. The molecule has 0 fully saturated rings. The van der Waals surface area contributed by atoms with Crippen LogP contribution in [0.3, 0.4) is 0 Å². The van der Waals surface area contributed by atoms with Crippen LogP contribution in [0, 0.1) is 0 Å². The van der Waals surface area contributed by atoms with Crippen molar-refractivity contribution in [2.45, 2.75) is 25.8 Å². The molecule has 1 aromatic rings. The molecule has 2 rings (SSSR count). The van der Waals surface area contributed by atoms with E-state index in [1.54, 1.807) is 12.1 Å². The van der Waals surface area contributed by atoms with Crippen molar-refractivity contribution in [3.8, 4) is 0 Å². The summed E-state index contributed by atoms with van der Waals surface area (Å²) in [4.78, 5) is 24.7. The first-order valence-electron chi connectivity index (χ1n) is 5.27. The molecular weight excluding hydrogens is 228 g/mol. The highest BCUT2D eigenvalue weighted by atomic mass is 19.3. The number of alkyl halides is 2. The summed E-state index contributed by atoms with van der Waals surface area (Å²) in [6.07, 6.45) is -3.03. The van der Waals surface area contributed by atoms with E-state index in [9.17, 15) is 18.4 Å². The lowest BCUT2D eigenvalue weighted by Gasteiger charge is -2.21. The summed E-state index contributed by atoms with van der Waals surface area (Å²) in [6.45, 7) is 1.45. The molecular formula is C12H11F2NO2. The Kier molecular flexibility index (Phi) is 2.92. The number of amides is 2. The van der Waals surface area contributed by atoms with Crippen molar-refractivity contribution in [1.82, 2.24) is 4.90 Å². The van der Waals surface area contributed by atoms with Gasteiger partial charge in [0.05, 0.1) is 11.1 Å². The van der Waals surface area contributed by atoms with Gasteiger partial charge in [-0.25, -0.2) is 8.78 Å². The highest BCUT2D eigenvalue weighted by molar-refractivity contribution is 6.21. The minimum Gasteiger partial charge on any atom is -0.271 e.